The fourth-order valence-electron chi connectivity index (χ4n) is 2.16. The van der Waals surface area contributed by atoms with Crippen LogP contribution < -0.4 is 5.32 Å². The van der Waals surface area contributed by atoms with Gasteiger partial charge in [-0.25, -0.2) is 12.8 Å². The summed E-state index contributed by atoms with van der Waals surface area (Å²) in [5, 5.41) is 11.5. The molecule has 1 N–H and O–H groups in total. The number of carbonyl (C=O) groups is 1. The number of anilines is 1. The number of hydrogen-bond acceptors (Lipinski definition) is 6. The third-order valence-electron chi connectivity index (χ3n) is 3.55. The van der Waals surface area contributed by atoms with E-state index in [-0.39, 0.29) is 27.8 Å². The van der Waals surface area contributed by atoms with Gasteiger partial charge in [0.2, 0.25) is 5.13 Å². The predicted octanol–water partition coefficient (Wildman–Crippen LogP) is 3.60. The molecule has 0 fully saturated rings. The monoisotopic (exact) mass is 425 g/mol. The van der Waals surface area contributed by atoms with Crippen LogP contribution in [0.3, 0.4) is 0 Å². The van der Waals surface area contributed by atoms with Gasteiger partial charge in [-0.15, -0.1) is 10.2 Å². The topological polar surface area (TPSA) is 89.0 Å². The van der Waals surface area contributed by atoms with Gasteiger partial charge in [-0.3, -0.25) is 10.1 Å². The zero-order valence-corrected chi connectivity index (χ0v) is 16.1. The zero-order valence-electron chi connectivity index (χ0n) is 13.7. The van der Waals surface area contributed by atoms with Gasteiger partial charge in [0.15, 0.2) is 9.84 Å². The Labute approximate surface area is 163 Å². The van der Waals surface area contributed by atoms with Gasteiger partial charge < -0.3 is 0 Å². The molecule has 1 heterocycles. The Bertz CT molecular complexity index is 1050. The number of nitrogens with one attached hydrogen (secondary N) is 1. The fourth-order valence-corrected chi connectivity index (χ4v) is 4.40. The lowest BCUT2D eigenvalue weighted by Gasteiger charge is -2.03. The summed E-state index contributed by atoms with van der Waals surface area (Å²) in [5.41, 5.74) is 0.276. The molecule has 0 radical (unpaired) electrons. The normalized spacial score (nSPS) is 11.3. The Hall–Kier alpha value is -2.36. The SMILES string of the molecule is O=C(Nc1nnc(CCS(=O)(=O)c2ccc(Cl)cc2)s1)c1ccc(F)cc1. The highest BCUT2D eigenvalue weighted by atomic mass is 35.5. The molecule has 140 valence electrons. The van der Waals surface area contributed by atoms with Crippen LogP contribution in [-0.2, 0) is 16.3 Å². The average Bonchev–Trinajstić information content (AvgIpc) is 3.08. The number of aryl methyl sites for hydroxylation is 1. The number of benzene rings is 2. The second kappa shape index (κ2) is 8.12. The Morgan fingerprint density at radius 3 is 2.41 bits per heavy atom. The van der Waals surface area contributed by atoms with Crippen LogP contribution in [-0.4, -0.2) is 30.3 Å². The molecule has 0 saturated heterocycles. The Morgan fingerprint density at radius 1 is 1.07 bits per heavy atom. The van der Waals surface area contributed by atoms with Gasteiger partial charge in [-0.1, -0.05) is 22.9 Å². The number of amides is 1. The van der Waals surface area contributed by atoms with Crippen molar-refractivity contribution in [1.82, 2.24) is 10.2 Å². The molecule has 2 aromatic carbocycles. The third-order valence-corrected chi connectivity index (χ3v) is 6.43. The van der Waals surface area contributed by atoms with Crippen LogP contribution in [0.1, 0.15) is 15.4 Å². The third kappa shape index (κ3) is 5.09. The van der Waals surface area contributed by atoms with Crippen LogP contribution in [0.25, 0.3) is 0 Å². The maximum absolute atomic E-state index is 12.9. The minimum Gasteiger partial charge on any atom is -0.296 e. The number of halogens is 2. The van der Waals surface area contributed by atoms with Gasteiger partial charge in [-0.2, -0.15) is 0 Å². The molecule has 6 nitrogen and oxygen atoms in total. The summed E-state index contributed by atoms with van der Waals surface area (Å²) in [4.78, 5) is 12.2. The lowest BCUT2D eigenvalue weighted by atomic mass is 10.2. The zero-order chi connectivity index (χ0) is 19.4. The summed E-state index contributed by atoms with van der Waals surface area (Å²) < 4.78 is 37.5. The first kappa shape index (κ1) is 19.4. The van der Waals surface area contributed by atoms with E-state index in [1.807, 2.05) is 0 Å². The number of carbonyl (C=O) groups excluding carboxylic acids is 1. The van der Waals surface area contributed by atoms with Crippen LogP contribution in [0.4, 0.5) is 9.52 Å². The lowest BCUT2D eigenvalue weighted by molar-refractivity contribution is 0.102. The average molecular weight is 426 g/mol. The molecule has 0 unspecified atom stereocenters. The van der Waals surface area contributed by atoms with Gasteiger partial charge in [0, 0.05) is 17.0 Å². The molecule has 0 aliphatic carbocycles. The molecule has 0 atom stereocenters. The van der Waals surface area contributed by atoms with E-state index in [0.717, 1.165) is 11.3 Å². The first-order chi connectivity index (χ1) is 12.8. The molecule has 0 bridgehead atoms. The standard InChI is InChI=1S/C17H13ClFN3O3S2/c18-12-3-7-14(8-4-12)27(24,25)10-9-15-21-22-17(26-15)20-16(23)11-1-5-13(19)6-2-11/h1-8H,9-10H2,(H,20,22,23). The van der Waals surface area contributed by atoms with Gasteiger partial charge in [0.05, 0.1) is 10.6 Å². The molecule has 1 amide bonds. The molecular weight excluding hydrogens is 413 g/mol. The van der Waals surface area contributed by atoms with Crippen molar-refractivity contribution in [2.75, 3.05) is 11.1 Å². The highest BCUT2D eigenvalue weighted by Crippen LogP contribution is 2.20. The second-order valence-corrected chi connectivity index (χ2v) is 9.09. The van der Waals surface area contributed by atoms with E-state index in [1.54, 1.807) is 0 Å². The van der Waals surface area contributed by atoms with Crippen molar-refractivity contribution < 1.29 is 17.6 Å². The van der Waals surface area contributed by atoms with Crippen LogP contribution in [0.2, 0.25) is 5.02 Å². The van der Waals surface area contributed by atoms with Gasteiger partial charge >= 0.3 is 0 Å². The van der Waals surface area contributed by atoms with Crippen LogP contribution in [0.15, 0.2) is 53.4 Å². The van der Waals surface area contributed by atoms with Crippen molar-refractivity contribution in [3.8, 4) is 0 Å². The molecule has 0 aliphatic rings. The highest BCUT2D eigenvalue weighted by Gasteiger charge is 2.17. The summed E-state index contributed by atoms with van der Waals surface area (Å²) >= 11 is 6.85. The molecular formula is C17H13ClFN3O3S2. The van der Waals surface area contributed by atoms with Crippen molar-refractivity contribution in [3.05, 3.63) is 69.9 Å². The Balaban J connectivity index is 1.61. The van der Waals surface area contributed by atoms with E-state index in [2.05, 4.69) is 15.5 Å². The Morgan fingerprint density at radius 2 is 1.74 bits per heavy atom. The smallest absolute Gasteiger partial charge is 0.257 e. The van der Waals surface area contributed by atoms with E-state index in [0.29, 0.717) is 10.0 Å². The van der Waals surface area contributed by atoms with Crippen LogP contribution in [0.5, 0.6) is 0 Å². The van der Waals surface area contributed by atoms with Gasteiger partial charge in [0.1, 0.15) is 10.8 Å². The minimum atomic E-state index is -3.48. The predicted molar refractivity (Wildman–Crippen MR) is 101 cm³/mol. The van der Waals surface area contributed by atoms with Crippen molar-refractivity contribution in [3.63, 3.8) is 0 Å². The summed E-state index contributed by atoms with van der Waals surface area (Å²) in [5.74, 6) is -1.03. The maximum Gasteiger partial charge on any atom is 0.257 e. The maximum atomic E-state index is 12.9. The fraction of sp³-hybridized carbons (Fsp3) is 0.118. The number of aromatic nitrogens is 2. The summed E-state index contributed by atoms with van der Waals surface area (Å²) in [6.07, 6.45) is 0.162. The van der Waals surface area contributed by atoms with E-state index >= 15 is 0 Å². The van der Waals surface area contributed by atoms with Crippen molar-refractivity contribution in [2.24, 2.45) is 0 Å². The van der Waals surface area contributed by atoms with E-state index in [1.165, 1.54) is 48.5 Å². The van der Waals surface area contributed by atoms with E-state index < -0.39 is 21.6 Å². The first-order valence-electron chi connectivity index (χ1n) is 7.71. The largest absolute Gasteiger partial charge is 0.296 e. The molecule has 27 heavy (non-hydrogen) atoms. The number of rotatable bonds is 6. The molecule has 10 heteroatoms. The lowest BCUT2D eigenvalue weighted by Crippen LogP contribution is -2.11. The van der Waals surface area contributed by atoms with Crippen LogP contribution in [0, 0.1) is 5.82 Å². The number of hydrogen-bond donors (Lipinski definition) is 1. The van der Waals surface area contributed by atoms with Crippen molar-refractivity contribution in [2.45, 2.75) is 11.3 Å². The van der Waals surface area contributed by atoms with Crippen LogP contribution >= 0.6 is 22.9 Å². The minimum absolute atomic E-state index is 0.144. The first-order valence-corrected chi connectivity index (χ1v) is 10.6. The summed E-state index contributed by atoms with van der Waals surface area (Å²) in [7, 11) is -3.48. The molecule has 1 aromatic heterocycles. The molecule has 3 aromatic rings. The number of sulfone groups is 1. The number of nitrogens with zero attached hydrogens (tertiary/aromatic N) is 2. The summed E-state index contributed by atoms with van der Waals surface area (Å²) in [6, 6.07) is 11.0. The highest BCUT2D eigenvalue weighted by molar-refractivity contribution is 7.91. The molecule has 0 spiro atoms. The van der Waals surface area contributed by atoms with Gasteiger partial charge in [0.25, 0.3) is 5.91 Å². The Kier molecular flexibility index (Phi) is 5.83. The van der Waals surface area contributed by atoms with E-state index in [9.17, 15) is 17.6 Å². The van der Waals surface area contributed by atoms with Crippen molar-refractivity contribution >= 4 is 43.8 Å². The van der Waals surface area contributed by atoms with Crippen molar-refractivity contribution in [1.29, 1.82) is 0 Å². The molecule has 0 aliphatic heterocycles. The molecule has 0 saturated carbocycles. The molecule has 3 rings (SSSR count). The quantitative estimate of drug-likeness (QED) is 0.651. The van der Waals surface area contributed by atoms with E-state index in [4.69, 9.17) is 11.6 Å². The second-order valence-electron chi connectivity index (χ2n) is 5.48. The summed E-state index contributed by atoms with van der Waals surface area (Å²) in [6.45, 7) is 0. The van der Waals surface area contributed by atoms with Gasteiger partial charge in [-0.05, 0) is 48.5 Å².